The second-order valence-electron chi connectivity index (χ2n) is 8.77. The Hall–Kier alpha value is -3.33. The number of ether oxygens (including phenoxy) is 1. The molecule has 1 amide bonds. The fraction of sp³-hybridized carbons (Fsp3) is 0.269. The molecule has 0 spiro atoms. The maximum Gasteiger partial charge on any atom is 0.573 e. The number of rotatable bonds is 8. The zero-order chi connectivity index (χ0) is 25.3. The van der Waals surface area contributed by atoms with Crippen molar-refractivity contribution in [3.8, 4) is 16.9 Å². The number of aryl methyl sites for hydroxylation is 1. The van der Waals surface area contributed by atoms with Crippen molar-refractivity contribution >= 4 is 21.4 Å². The van der Waals surface area contributed by atoms with Gasteiger partial charge in [-0.15, -0.1) is 13.2 Å². The van der Waals surface area contributed by atoms with Gasteiger partial charge in [0.05, 0.1) is 11.2 Å². The number of alkyl halides is 3. The van der Waals surface area contributed by atoms with Gasteiger partial charge in [0.2, 0.25) is 5.91 Å². The third kappa shape index (κ3) is 6.42. The summed E-state index contributed by atoms with van der Waals surface area (Å²) < 4.78 is 63.9. The lowest BCUT2D eigenvalue weighted by Gasteiger charge is -2.17. The summed E-state index contributed by atoms with van der Waals surface area (Å²) in [6.45, 7) is 0. The molecule has 0 unspecified atom stereocenters. The normalized spacial score (nSPS) is 14.9. The largest absolute Gasteiger partial charge is 0.573 e. The first-order chi connectivity index (χ1) is 16.4. The molecule has 1 fully saturated rings. The average molecular weight is 504 g/mol. The van der Waals surface area contributed by atoms with Crippen LogP contribution in [0.4, 0.5) is 18.9 Å². The summed E-state index contributed by atoms with van der Waals surface area (Å²) in [6, 6.07) is 20.4. The molecule has 0 saturated heterocycles. The number of nitrogens with one attached hydrogen (secondary N) is 1. The SMILES string of the molecule is CS(=O)(=O)CCc1ccc(-c2cccc(NC(=O)C3(c4ccc(OC(F)(F)F)cc4)CC3)c2)cc1. The number of benzene rings is 3. The van der Waals surface area contributed by atoms with Gasteiger partial charge in [0, 0.05) is 11.9 Å². The molecule has 1 N–H and O–H groups in total. The van der Waals surface area contributed by atoms with Crippen LogP contribution < -0.4 is 10.1 Å². The molecular formula is C26H24F3NO4S. The highest BCUT2D eigenvalue weighted by molar-refractivity contribution is 7.90. The number of amides is 1. The minimum Gasteiger partial charge on any atom is -0.406 e. The molecule has 184 valence electrons. The van der Waals surface area contributed by atoms with Crippen molar-refractivity contribution in [2.24, 2.45) is 0 Å². The van der Waals surface area contributed by atoms with Crippen LogP contribution in [0, 0.1) is 0 Å². The number of anilines is 1. The summed E-state index contributed by atoms with van der Waals surface area (Å²) >= 11 is 0. The van der Waals surface area contributed by atoms with Gasteiger partial charge in [0.1, 0.15) is 15.6 Å². The minimum atomic E-state index is -4.77. The zero-order valence-corrected chi connectivity index (χ0v) is 19.7. The van der Waals surface area contributed by atoms with E-state index in [2.05, 4.69) is 10.1 Å². The van der Waals surface area contributed by atoms with E-state index in [9.17, 15) is 26.4 Å². The van der Waals surface area contributed by atoms with Crippen LogP contribution in [0.15, 0.2) is 72.8 Å². The Morgan fingerprint density at radius 3 is 2.20 bits per heavy atom. The van der Waals surface area contributed by atoms with Crippen LogP contribution >= 0.6 is 0 Å². The lowest BCUT2D eigenvalue weighted by Crippen LogP contribution is -2.27. The Kier molecular flexibility index (Phi) is 6.64. The highest BCUT2D eigenvalue weighted by Gasteiger charge is 2.51. The number of carbonyl (C=O) groups excluding carboxylic acids is 1. The molecule has 5 nitrogen and oxygen atoms in total. The molecule has 0 aliphatic heterocycles. The van der Waals surface area contributed by atoms with Crippen molar-refractivity contribution in [3.63, 3.8) is 0 Å². The predicted octanol–water partition coefficient (Wildman–Crippen LogP) is 5.51. The Bertz CT molecular complexity index is 1310. The Morgan fingerprint density at radius 2 is 1.63 bits per heavy atom. The second-order valence-corrected chi connectivity index (χ2v) is 11.0. The van der Waals surface area contributed by atoms with Gasteiger partial charge in [-0.05, 0) is 65.8 Å². The quantitative estimate of drug-likeness (QED) is 0.440. The standard InChI is InChI=1S/C26H24F3NO4S/c1-35(32,33)16-13-18-5-7-19(8-6-18)20-3-2-4-22(17-20)30-24(31)25(14-15-25)21-9-11-23(12-10-21)34-26(27,28)29/h2-12,17H,13-16H2,1H3,(H,30,31). The number of hydrogen-bond donors (Lipinski definition) is 1. The van der Waals surface area contributed by atoms with Gasteiger partial charge in [-0.3, -0.25) is 4.79 Å². The van der Waals surface area contributed by atoms with Crippen LogP contribution in [0.2, 0.25) is 0 Å². The molecule has 0 bridgehead atoms. The van der Waals surface area contributed by atoms with Crippen LogP contribution in [0.25, 0.3) is 11.1 Å². The molecule has 1 aliphatic rings. The van der Waals surface area contributed by atoms with Crippen LogP contribution in [-0.4, -0.2) is 32.7 Å². The summed E-state index contributed by atoms with van der Waals surface area (Å²) in [5.74, 6) is -0.448. The van der Waals surface area contributed by atoms with Gasteiger partial charge in [-0.25, -0.2) is 8.42 Å². The molecule has 3 aromatic rings. The molecule has 9 heteroatoms. The first-order valence-corrected chi connectivity index (χ1v) is 13.0. The number of hydrogen-bond acceptors (Lipinski definition) is 4. The van der Waals surface area contributed by atoms with Crippen LogP contribution in [-0.2, 0) is 26.5 Å². The van der Waals surface area contributed by atoms with E-state index in [1.807, 2.05) is 42.5 Å². The van der Waals surface area contributed by atoms with E-state index in [-0.39, 0.29) is 17.4 Å². The van der Waals surface area contributed by atoms with E-state index in [1.54, 1.807) is 6.07 Å². The highest BCUT2D eigenvalue weighted by atomic mass is 32.2. The van der Waals surface area contributed by atoms with Gasteiger partial charge in [-0.2, -0.15) is 0 Å². The molecule has 4 rings (SSSR count). The topological polar surface area (TPSA) is 72.5 Å². The lowest BCUT2D eigenvalue weighted by atomic mass is 9.94. The van der Waals surface area contributed by atoms with E-state index < -0.39 is 21.6 Å². The maximum atomic E-state index is 13.1. The van der Waals surface area contributed by atoms with Crippen molar-refractivity contribution in [1.82, 2.24) is 0 Å². The van der Waals surface area contributed by atoms with Crippen molar-refractivity contribution in [1.29, 1.82) is 0 Å². The lowest BCUT2D eigenvalue weighted by molar-refractivity contribution is -0.274. The number of halogens is 3. The first kappa shape index (κ1) is 24.8. The highest BCUT2D eigenvalue weighted by Crippen LogP contribution is 2.49. The summed E-state index contributed by atoms with van der Waals surface area (Å²) in [5.41, 5.74) is 3.21. The molecule has 1 saturated carbocycles. The Balaban J connectivity index is 1.44. The van der Waals surface area contributed by atoms with E-state index in [4.69, 9.17) is 0 Å². The van der Waals surface area contributed by atoms with Crippen molar-refractivity contribution in [3.05, 3.63) is 83.9 Å². The molecule has 35 heavy (non-hydrogen) atoms. The summed E-state index contributed by atoms with van der Waals surface area (Å²) in [5, 5.41) is 2.94. The van der Waals surface area contributed by atoms with E-state index in [0.29, 0.717) is 30.5 Å². The molecule has 0 aromatic heterocycles. The average Bonchev–Trinajstić information content (AvgIpc) is 3.59. The van der Waals surface area contributed by atoms with Gasteiger partial charge >= 0.3 is 6.36 Å². The number of sulfone groups is 1. The fourth-order valence-electron chi connectivity index (χ4n) is 3.94. The van der Waals surface area contributed by atoms with Gasteiger partial charge < -0.3 is 10.1 Å². The van der Waals surface area contributed by atoms with Crippen molar-refractivity contribution < 1.29 is 31.1 Å². The smallest absolute Gasteiger partial charge is 0.406 e. The second kappa shape index (κ2) is 9.37. The van der Waals surface area contributed by atoms with Crippen molar-refractivity contribution in [2.75, 3.05) is 17.3 Å². The Morgan fingerprint density at radius 1 is 0.971 bits per heavy atom. The van der Waals surface area contributed by atoms with E-state index >= 15 is 0 Å². The van der Waals surface area contributed by atoms with Gasteiger partial charge in [0.25, 0.3) is 0 Å². The van der Waals surface area contributed by atoms with Gasteiger partial charge in [0.15, 0.2) is 0 Å². The monoisotopic (exact) mass is 503 g/mol. The molecule has 3 aromatic carbocycles. The van der Waals surface area contributed by atoms with Crippen molar-refractivity contribution in [2.45, 2.75) is 31.0 Å². The maximum absolute atomic E-state index is 13.1. The summed E-state index contributed by atoms with van der Waals surface area (Å²) in [6.07, 6.45) is -1.90. The Labute approximate surface area is 201 Å². The third-order valence-electron chi connectivity index (χ3n) is 5.99. The molecule has 0 radical (unpaired) electrons. The van der Waals surface area contributed by atoms with Crippen LogP contribution in [0.5, 0.6) is 5.75 Å². The van der Waals surface area contributed by atoms with Crippen LogP contribution in [0.3, 0.4) is 0 Å². The van der Waals surface area contributed by atoms with Crippen LogP contribution in [0.1, 0.15) is 24.0 Å². The first-order valence-electron chi connectivity index (χ1n) is 11.0. The molecule has 0 heterocycles. The predicted molar refractivity (Wildman–Crippen MR) is 128 cm³/mol. The number of carbonyl (C=O) groups is 1. The fourth-order valence-corrected chi connectivity index (χ4v) is 4.55. The molecule has 1 aliphatic carbocycles. The third-order valence-corrected chi connectivity index (χ3v) is 6.94. The van der Waals surface area contributed by atoms with Gasteiger partial charge in [-0.1, -0.05) is 48.5 Å². The van der Waals surface area contributed by atoms with E-state index in [1.165, 1.54) is 30.5 Å². The summed E-state index contributed by atoms with van der Waals surface area (Å²) in [7, 11) is -3.03. The minimum absolute atomic E-state index is 0.0910. The van der Waals surface area contributed by atoms with E-state index in [0.717, 1.165) is 16.7 Å². The molecular weight excluding hydrogens is 479 g/mol. The summed E-state index contributed by atoms with van der Waals surface area (Å²) in [4.78, 5) is 13.1. The zero-order valence-electron chi connectivity index (χ0n) is 18.9. The molecule has 0 atom stereocenters.